The lowest BCUT2D eigenvalue weighted by Crippen LogP contribution is -2.64. The Hall–Kier alpha value is -2.95. The van der Waals surface area contributed by atoms with Crippen molar-refractivity contribution in [3.05, 3.63) is 65.7 Å². The molecule has 5 rings (SSSR count). The van der Waals surface area contributed by atoms with Crippen LogP contribution >= 0.6 is 0 Å². The summed E-state index contributed by atoms with van der Waals surface area (Å²) in [6, 6.07) is 17.2. The Labute approximate surface area is 164 Å². The summed E-state index contributed by atoms with van der Waals surface area (Å²) in [5, 5.41) is 0. The first kappa shape index (κ1) is 17.2. The van der Waals surface area contributed by atoms with E-state index in [-0.39, 0.29) is 18.0 Å². The summed E-state index contributed by atoms with van der Waals surface area (Å²) in [4.78, 5) is 35.2. The van der Waals surface area contributed by atoms with Gasteiger partial charge in [0.15, 0.2) is 5.54 Å². The van der Waals surface area contributed by atoms with Gasteiger partial charge in [-0.2, -0.15) is 4.99 Å². The second kappa shape index (κ2) is 6.30. The predicted octanol–water partition coefficient (Wildman–Crippen LogP) is 4.12. The van der Waals surface area contributed by atoms with Gasteiger partial charge < -0.3 is 4.90 Å². The van der Waals surface area contributed by atoms with Crippen LogP contribution in [0.15, 0.2) is 59.6 Å². The van der Waals surface area contributed by atoms with Gasteiger partial charge in [-0.1, -0.05) is 67.8 Å². The van der Waals surface area contributed by atoms with Crippen molar-refractivity contribution in [3.63, 3.8) is 0 Å². The number of likely N-dealkylation sites (N-methyl/N-ethyl adjacent to an activating group) is 1. The largest absolute Gasteiger partial charge is 0.345 e. The van der Waals surface area contributed by atoms with Crippen molar-refractivity contribution in [2.24, 2.45) is 4.99 Å². The molecule has 0 spiro atoms. The Balaban J connectivity index is 1.79. The van der Waals surface area contributed by atoms with Crippen molar-refractivity contribution in [2.45, 2.75) is 43.7 Å². The number of urea groups is 1. The van der Waals surface area contributed by atoms with Crippen LogP contribution in [0.5, 0.6) is 0 Å². The summed E-state index contributed by atoms with van der Waals surface area (Å²) >= 11 is 0. The van der Waals surface area contributed by atoms with E-state index in [0.29, 0.717) is 5.71 Å². The molecule has 0 N–H and O–H groups in total. The average Bonchev–Trinajstić information content (AvgIpc) is 3.07. The van der Waals surface area contributed by atoms with Crippen molar-refractivity contribution >= 4 is 23.3 Å². The highest BCUT2D eigenvalue weighted by atomic mass is 16.2. The average molecular weight is 373 g/mol. The third-order valence-corrected chi connectivity index (χ3v) is 6.38. The predicted molar refractivity (Wildman–Crippen MR) is 109 cm³/mol. The van der Waals surface area contributed by atoms with Gasteiger partial charge in [0.25, 0.3) is 5.91 Å². The zero-order chi connectivity index (χ0) is 19.3. The van der Waals surface area contributed by atoms with Gasteiger partial charge in [-0.25, -0.2) is 4.79 Å². The number of nitrogens with zero attached hydrogens (tertiary/aromatic N) is 3. The third-order valence-electron chi connectivity index (χ3n) is 6.38. The fourth-order valence-corrected chi connectivity index (χ4v) is 5.11. The van der Waals surface area contributed by atoms with E-state index in [1.807, 2.05) is 54.6 Å². The molecule has 2 aromatic carbocycles. The monoisotopic (exact) mass is 373 g/mol. The number of carbonyl (C=O) groups is 2. The summed E-state index contributed by atoms with van der Waals surface area (Å²) < 4.78 is 0. The molecule has 5 heteroatoms. The van der Waals surface area contributed by atoms with Gasteiger partial charge in [0.1, 0.15) is 0 Å². The number of hydrogen-bond acceptors (Lipinski definition) is 2. The summed E-state index contributed by atoms with van der Waals surface area (Å²) in [5.74, 6) is -0.104. The summed E-state index contributed by atoms with van der Waals surface area (Å²) in [6.07, 6.45) is 5.18. The Morgan fingerprint density at radius 3 is 2.36 bits per heavy atom. The topological polar surface area (TPSA) is 53.0 Å². The smallest absolute Gasteiger partial charge is 0.312 e. The number of fused-ring (bicyclic) bond motifs is 3. The number of para-hydroxylation sites is 1. The number of carbonyl (C=O) groups excluding carboxylic acids is 2. The maximum atomic E-state index is 13.9. The van der Waals surface area contributed by atoms with Crippen LogP contribution in [0.2, 0.25) is 0 Å². The Kier molecular flexibility index (Phi) is 3.86. The number of aliphatic imine (C=N–C) groups is 1. The quantitative estimate of drug-likeness (QED) is 0.795. The standard InChI is InChI=1S/C23H23N3O2/c1-25-19-15-9-8-14-18(19)20-23(21(25)27,16-10-4-2-5-11-16)26(22(28)24-20)17-12-6-3-7-13-17/h2,4-5,8-11,14-15,17H,3,6-7,12-13H2,1H3. The summed E-state index contributed by atoms with van der Waals surface area (Å²) in [5.41, 5.74) is 1.88. The van der Waals surface area contributed by atoms with E-state index >= 15 is 0 Å². The fourth-order valence-electron chi connectivity index (χ4n) is 5.11. The van der Waals surface area contributed by atoms with Crippen LogP contribution in [0.3, 0.4) is 0 Å². The third kappa shape index (κ3) is 2.16. The van der Waals surface area contributed by atoms with Crippen molar-refractivity contribution in [1.82, 2.24) is 4.90 Å². The lowest BCUT2D eigenvalue weighted by Gasteiger charge is -2.47. The normalized spacial score (nSPS) is 24.8. The number of benzene rings is 2. The van der Waals surface area contributed by atoms with Gasteiger partial charge in [-0.3, -0.25) is 9.69 Å². The molecule has 2 heterocycles. The van der Waals surface area contributed by atoms with E-state index in [4.69, 9.17) is 0 Å². The van der Waals surface area contributed by atoms with Crippen LogP contribution in [0.25, 0.3) is 0 Å². The number of rotatable bonds is 2. The molecule has 5 nitrogen and oxygen atoms in total. The lowest BCUT2D eigenvalue weighted by molar-refractivity contribution is -0.126. The number of anilines is 1. The molecule has 1 fully saturated rings. The van der Waals surface area contributed by atoms with Crippen molar-refractivity contribution in [1.29, 1.82) is 0 Å². The van der Waals surface area contributed by atoms with E-state index in [1.54, 1.807) is 16.8 Å². The van der Waals surface area contributed by atoms with E-state index in [0.717, 1.165) is 42.5 Å². The molecule has 1 aliphatic carbocycles. The van der Waals surface area contributed by atoms with Gasteiger partial charge in [0.05, 0.1) is 11.4 Å². The SMILES string of the molecule is CN1C(=O)C2(c3ccccc3)C(=NC(=O)N2C2CCCCC2)c2ccccc21. The molecule has 1 atom stereocenters. The molecule has 28 heavy (non-hydrogen) atoms. The second-order valence-electron chi connectivity index (χ2n) is 7.86. The van der Waals surface area contributed by atoms with E-state index < -0.39 is 5.54 Å². The molecule has 1 unspecified atom stereocenters. The number of amides is 3. The molecule has 0 radical (unpaired) electrons. The Bertz CT molecular complexity index is 978. The van der Waals surface area contributed by atoms with E-state index in [9.17, 15) is 9.59 Å². The molecule has 0 aromatic heterocycles. The molecule has 1 saturated carbocycles. The van der Waals surface area contributed by atoms with Gasteiger partial charge in [0.2, 0.25) is 0 Å². The van der Waals surface area contributed by atoms with Crippen LogP contribution in [-0.4, -0.2) is 35.6 Å². The van der Waals surface area contributed by atoms with Gasteiger partial charge >= 0.3 is 6.03 Å². The van der Waals surface area contributed by atoms with Crippen molar-refractivity contribution < 1.29 is 9.59 Å². The number of hydrogen-bond donors (Lipinski definition) is 0. The van der Waals surface area contributed by atoms with Crippen LogP contribution < -0.4 is 4.90 Å². The van der Waals surface area contributed by atoms with Crippen molar-refractivity contribution in [3.8, 4) is 0 Å². The van der Waals surface area contributed by atoms with Crippen LogP contribution in [-0.2, 0) is 10.3 Å². The maximum absolute atomic E-state index is 13.9. The van der Waals surface area contributed by atoms with Crippen LogP contribution in [0.4, 0.5) is 10.5 Å². The molecule has 2 aromatic rings. The first-order valence-electron chi connectivity index (χ1n) is 10.0. The molecule has 0 bridgehead atoms. The van der Waals surface area contributed by atoms with E-state index in [1.165, 1.54) is 6.42 Å². The van der Waals surface area contributed by atoms with Gasteiger partial charge in [0, 0.05) is 18.7 Å². The molecule has 0 saturated heterocycles. The molecule has 3 amide bonds. The Morgan fingerprint density at radius 1 is 0.929 bits per heavy atom. The first-order chi connectivity index (χ1) is 13.7. The van der Waals surface area contributed by atoms with Crippen LogP contribution in [0.1, 0.15) is 43.2 Å². The molecular weight excluding hydrogens is 350 g/mol. The minimum absolute atomic E-state index is 0.0327. The zero-order valence-corrected chi connectivity index (χ0v) is 16.0. The first-order valence-corrected chi connectivity index (χ1v) is 10.0. The zero-order valence-electron chi connectivity index (χ0n) is 16.0. The highest BCUT2D eigenvalue weighted by molar-refractivity contribution is 6.34. The van der Waals surface area contributed by atoms with Crippen LogP contribution in [0, 0.1) is 0 Å². The summed E-state index contributed by atoms with van der Waals surface area (Å²) in [7, 11) is 1.80. The fraction of sp³-hybridized carbons (Fsp3) is 0.348. The minimum Gasteiger partial charge on any atom is -0.312 e. The van der Waals surface area contributed by atoms with Gasteiger partial charge in [-0.05, 0) is 24.5 Å². The van der Waals surface area contributed by atoms with Crippen molar-refractivity contribution in [2.75, 3.05) is 11.9 Å². The highest BCUT2D eigenvalue weighted by Crippen LogP contribution is 2.48. The molecule has 142 valence electrons. The summed E-state index contributed by atoms with van der Waals surface area (Å²) in [6.45, 7) is 0. The van der Waals surface area contributed by atoms with Gasteiger partial charge in [-0.15, -0.1) is 0 Å². The lowest BCUT2D eigenvalue weighted by atomic mass is 9.75. The maximum Gasteiger partial charge on any atom is 0.345 e. The highest BCUT2D eigenvalue weighted by Gasteiger charge is 2.62. The Morgan fingerprint density at radius 2 is 1.61 bits per heavy atom. The second-order valence-corrected chi connectivity index (χ2v) is 7.86. The molecular formula is C23H23N3O2. The van der Waals surface area contributed by atoms with E-state index in [2.05, 4.69) is 4.99 Å². The minimum atomic E-state index is -1.18. The molecule has 2 aliphatic heterocycles. The molecule has 3 aliphatic rings.